The van der Waals surface area contributed by atoms with Crippen molar-refractivity contribution in [3.8, 4) is 0 Å². The maximum absolute atomic E-state index is 12.9. The van der Waals surface area contributed by atoms with E-state index in [1.807, 2.05) is 13.8 Å². The van der Waals surface area contributed by atoms with Gasteiger partial charge in [-0.25, -0.2) is 13.2 Å². The molecule has 0 fully saturated rings. The van der Waals surface area contributed by atoms with Crippen LogP contribution in [0.3, 0.4) is 0 Å². The van der Waals surface area contributed by atoms with E-state index in [2.05, 4.69) is 0 Å². The van der Waals surface area contributed by atoms with Gasteiger partial charge in [-0.2, -0.15) is 0 Å². The summed E-state index contributed by atoms with van der Waals surface area (Å²) in [5, 5.41) is 0. The first-order chi connectivity index (χ1) is 7.35. The molecule has 0 unspecified atom stereocenters. The van der Waals surface area contributed by atoms with Gasteiger partial charge >= 0.3 is 0 Å². The highest BCUT2D eigenvalue weighted by molar-refractivity contribution is 5.98. The van der Waals surface area contributed by atoms with E-state index >= 15 is 0 Å². The van der Waals surface area contributed by atoms with Gasteiger partial charge in [0.05, 0.1) is 0 Å². The molecule has 0 aliphatic rings. The molecule has 1 aromatic carbocycles. The number of aryl methyl sites for hydroxylation is 1. The van der Waals surface area contributed by atoms with E-state index in [9.17, 15) is 13.2 Å². The number of rotatable bonds is 4. The van der Waals surface area contributed by atoms with Gasteiger partial charge in [0.15, 0.2) is 17.5 Å². The molecule has 0 aliphatic heterocycles. The zero-order chi connectivity index (χ0) is 12.3. The third-order valence-electron chi connectivity index (χ3n) is 2.61. The standard InChI is InChI=1S/C11H15F3OSi/c1-11(2,15-16)4-3-7-5-8(12)10(14)9(13)6-7/h5-6H,3-4H2,1-2,16H3. The monoisotopic (exact) mass is 248 g/mol. The molecule has 0 atom stereocenters. The van der Waals surface area contributed by atoms with Gasteiger partial charge in [-0.15, -0.1) is 0 Å². The fraction of sp³-hybridized carbons (Fsp3) is 0.455. The lowest BCUT2D eigenvalue weighted by atomic mass is 9.99. The van der Waals surface area contributed by atoms with Crippen LogP contribution in [0.5, 0.6) is 0 Å². The predicted octanol–water partition coefficient (Wildman–Crippen LogP) is 2.11. The average molecular weight is 248 g/mol. The molecular formula is C11H15F3OSi. The van der Waals surface area contributed by atoms with Crippen LogP contribution in [0.1, 0.15) is 25.8 Å². The zero-order valence-electron chi connectivity index (χ0n) is 9.61. The van der Waals surface area contributed by atoms with E-state index in [1.54, 1.807) is 0 Å². The first-order valence-electron chi connectivity index (χ1n) is 5.04. The van der Waals surface area contributed by atoms with E-state index < -0.39 is 17.5 Å². The Morgan fingerprint density at radius 2 is 1.69 bits per heavy atom. The fourth-order valence-corrected chi connectivity index (χ4v) is 1.50. The lowest BCUT2D eigenvalue weighted by Crippen LogP contribution is -2.23. The topological polar surface area (TPSA) is 9.23 Å². The minimum Gasteiger partial charge on any atom is -0.423 e. The minimum atomic E-state index is -1.41. The molecule has 0 aromatic heterocycles. The van der Waals surface area contributed by atoms with Crippen molar-refractivity contribution < 1.29 is 17.6 Å². The molecule has 90 valence electrons. The molecule has 0 saturated heterocycles. The van der Waals surface area contributed by atoms with Crippen LogP contribution in [0.15, 0.2) is 12.1 Å². The normalized spacial score (nSPS) is 12.1. The summed E-state index contributed by atoms with van der Waals surface area (Å²) >= 11 is 0. The van der Waals surface area contributed by atoms with Crippen LogP contribution in [-0.4, -0.2) is 16.1 Å². The Morgan fingerprint density at radius 1 is 1.19 bits per heavy atom. The molecule has 0 heterocycles. The summed E-state index contributed by atoms with van der Waals surface area (Å²) < 4.78 is 43.8. The Balaban J connectivity index is 2.76. The van der Waals surface area contributed by atoms with Gasteiger partial charge in [0.1, 0.15) is 10.5 Å². The van der Waals surface area contributed by atoms with Gasteiger partial charge in [-0.05, 0) is 44.4 Å². The van der Waals surface area contributed by atoms with Crippen LogP contribution in [0, 0.1) is 17.5 Å². The van der Waals surface area contributed by atoms with Gasteiger partial charge in [0.2, 0.25) is 0 Å². The third-order valence-corrected chi connectivity index (χ3v) is 3.72. The second kappa shape index (κ2) is 5.01. The summed E-state index contributed by atoms with van der Waals surface area (Å²) in [5.41, 5.74) is 0.149. The molecule has 0 aliphatic carbocycles. The van der Waals surface area contributed by atoms with Crippen molar-refractivity contribution in [1.29, 1.82) is 0 Å². The van der Waals surface area contributed by atoms with E-state index in [1.165, 1.54) is 0 Å². The molecule has 0 bridgehead atoms. The van der Waals surface area contributed by atoms with E-state index in [4.69, 9.17) is 4.43 Å². The SMILES string of the molecule is CC(C)(CCc1cc(F)c(F)c(F)c1)O[SiH3]. The van der Waals surface area contributed by atoms with Crippen molar-refractivity contribution in [2.45, 2.75) is 32.3 Å². The smallest absolute Gasteiger partial charge is 0.194 e. The number of halogens is 3. The maximum atomic E-state index is 12.9. The molecule has 1 aromatic rings. The zero-order valence-corrected chi connectivity index (χ0v) is 11.6. The lowest BCUT2D eigenvalue weighted by Gasteiger charge is -2.23. The van der Waals surface area contributed by atoms with Crippen molar-refractivity contribution in [2.24, 2.45) is 0 Å². The molecule has 0 saturated carbocycles. The predicted molar refractivity (Wildman–Crippen MR) is 59.7 cm³/mol. The average Bonchev–Trinajstić information content (AvgIpc) is 2.23. The van der Waals surface area contributed by atoms with Gasteiger partial charge in [-0.3, -0.25) is 0 Å². The van der Waals surface area contributed by atoms with Crippen LogP contribution in [-0.2, 0) is 10.8 Å². The Kier molecular flexibility index (Phi) is 4.15. The van der Waals surface area contributed by atoms with E-state index in [-0.39, 0.29) is 5.60 Å². The summed E-state index contributed by atoms with van der Waals surface area (Å²) in [7, 11) is 0.611. The molecule has 16 heavy (non-hydrogen) atoms. The quantitative estimate of drug-likeness (QED) is 0.586. The first kappa shape index (κ1) is 13.3. The van der Waals surface area contributed by atoms with Crippen LogP contribution in [0.4, 0.5) is 13.2 Å². The second-order valence-corrected chi connectivity index (χ2v) is 4.75. The van der Waals surface area contributed by atoms with Gasteiger partial charge in [0.25, 0.3) is 0 Å². The summed E-state index contributed by atoms with van der Waals surface area (Å²) in [6.45, 7) is 3.83. The van der Waals surface area contributed by atoms with Crippen molar-refractivity contribution in [1.82, 2.24) is 0 Å². The summed E-state index contributed by atoms with van der Waals surface area (Å²) in [6.07, 6.45) is 1.10. The Bertz CT molecular complexity index is 356. The first-order valence-corrected chi connectivity index (χ1v) is 5.86. The van der Waals surface area contributed by atoms with Crippen LogP contribution >= 0.6 is 0 Å². The molecule has 0 N–H and O–H groups in total. The molecule has 1 rings (SSSR count). The largest absolute Gasteiger partial charge is 0.423 e. The number of hydrogen-bond donors (Lipinski definition) is 0. The summed E-state index contributed by atoms with van der Waals surface area (Å²) in [5.74, 6) is -3.69. The van der Waals surface area contributed by atoms with Crippen molar-refractivity contribution >= 4 is 10.5 Å². The Hall–Kier alpha value is -0.813. The molecule has 0 spiro atoms. The van der Waals surface area contributed by atoms with Crippen molar-refractivity contribution in [3.63, 3.8) is 0 Å². The Labute approximate surface area is 96.2 Å². The Morgan fingerprint density at radius 3 is 2.12 bits per heavy atom. The molecule has 1 nitrogen and oxygen atoms in total. The second-order valence-electron chi connectivity index (χ2n) is 4.34. The molecule has 0 amide bonds. The fourth-order valence-electron chi connectivity index (χ4n) is 1.30. The summed E-state index contributed by atoms with van der Waals surface area (Å²) in [6, 6.07) is 2.06. The van der Waals surface area contributed by atoms with Crippen LogP contribution in [0.2, 0.25) is 0 Å². The molecular weight excluding hydrogens is 233 g/mol. The van der Waals surface area contributed by atoms with E-state index in [0.717, 1.165) is 12.1 Å². The maximum Gasteiger partial charge on any atom is 0.194 e. The number of hydrogen-bond acceptors (Lipinski definition) is 1. The summed E-state index contributed by atoms with van der Waals surface area (Å²) in [4.78, 5) is 0. The van der Waals surface area contributed by atoms with Gasteiger partial charge in [0, 0.05) is 5.60 Å². The van der Waals surface area contributed by atoms with Crippen molar-refractivity contribution in [3.05, 3.63) is 35.1 Å². The highest BCUT2D eigenvalue weighted by Crippen LogP contribution is 2.19. The highest BCUT2D eigenvalue weighted by atomic mass is 28.2. The van der Waals surface area contributed by atoms with E-state index in [0.29, 0.717) is 28.9 Å². The number of benzene rings is 1. The van der Waals surface area contributed by atoms with Gasteiger partial charge in [-0.1, -0.05) is 0 Å². The minimum absolute atomic E-state index is 0.298. The lowest BCUT2D eigenvalue weighted by molar-refractivity contribution is 0.113. The van der Waals surface area contributed by atoms with Gasteiger partial charge < -0.3 is 4.43 Å². The van der Waals surface area contributed by atoms with Crippen LogP contribution in [0.25, 0.3) is 0 Å². The van der Waals surface area contributed by atoms with Crippen LogP contribution < -0.4 is 0 Å². The van der Waals surface area contributed by atoms with Crippen molar-refractivity contribution in [2.75, 3.05) is 0 Å². The highest BCUT2D eigenvalue weighted by Gasteiger charge is 2.17. The third kappa shape index (κ3) is 3.35. The molecule has 5 heteroatoms. The molecule has 0 radical (unpaired) electrons.